The Balaban J connectivity index is 0.000000947. The van der Waals surface area contributed by atoms with Crippen molar-refractivity contribution in [3.8, 4) is 0 Å². The molecule has 2 aromatic carbocycles. The Bertz CT molecular complexity index is 1200. The molecule has 0 atom stereocenters. The third-order valence-electron chi connectivity index (χ3n) is 6.47. The average Bonchev–Trinajstić information content (AvgIpc) is 3.49. The zero-order valence-corrected chi connectivity index (χ0v) is 23.7. The number of halogens is 1. The lowest BCUT2D eigenvalue weighted by Gasteiger charge is -2.35. The first kappa shape index (κ1) is 30.8. The van der Waals surface area contributed by atoms with Gasteiger partial charge in [0, 0.05) is 49.5 Å². The highest BCUT2D eigenvalue weighted by Crippen LogP contribution is 2.30. The molecular formula is C29H43FN6O2. The van der Waals surface area contributed by atoms with Crippen LogP contribution >= 0.6 is 0 Å². The van der Waals surface area contributed by atoms with Gasteiger partial charge in [0.2, 0.25) is 6.41 Å². The van der Waals surface area contributed by atoms with Crippen molar-refractivity contribution in [3.63, 3.8) is 0 Å². The molecule has 4 rings (SSSR count). The quantitative estimate of drug-likeness (QED) is 0.287. The molecule has 0 bridgehead atoms. The van der Waals surface area contributed by atoms with Crippen LogP contribution in [0.4, 0.5) is 10.1 Å². The van der Waals surface area contributed by atoms with E-state index in [0.717, 1.165) is 66.2 Å². The molecule has 9 heteroatoms. The van der Waals surface area contributed by atoms with Crippen molar-refractivity contribution < 1.29 is 13.7 Å². The molecule has 1 aliphatic rings. The van der Waals surface area contributed by atoms with Gasteiger partial charge in [0.05, 0.1) is 12.2 Å². The topological polar surface area (TPSA) is 90.9 Å². The van der Waals surface area contributed by atoms with E-state index >= 15 is 0 Å². The predicted molar refractivity (Wildman–Crippen MR) is 153 cm³/mol. The molecule has 0 saturated heterocycles. The number of aromatic nitrogens is 1. The van der Waals surface area contributed by atoms with Crippen molar-refractivity contribution in [3.05, 3.63) is 70.8 Å². The molecule has 1 aliphatic heterocycles. The van der Waals surface area contributed by atoms with E-state index < -0.39 is 0 Å². The Morgan fingerprint density at radius 2 is 1.92 bits per heavy atom. The van der Waals surface area contributed by atoms with Crippen LogP contribution in [0, 0.1) is 19.7 Å². The number of amides is 1. The molecule has 3 aromatic rings. The van der Waals surface area contributed by atoms with Crippen LogP contribution in [0.5, 0.6) is 0 Å². The third-order valence-corrected chi connectivity index (χ3v) is 6.47. The van der Waals surface area contributed by atoms with Crippen molar-refractivity contribution >= 4 is 23.1 Å². The van der Waals surface area contributed by atoms with Crippen molar-refractivity contribution in [2.75, 3.05) is 38.1 Å². The number of anilines is 1. The minimum Gasteiger partial charge on any atom is -0.372 e. The van der Waals surface area contributed by atoms with E-state index in [9.17, 15) is 4.39 Å². The van der Waals surface area contributed by atoms with Gasteiger partial charge in [-0.3, -0.25) is 4.79 Å². The standard InChI is InChI=1S/C26H34FN5O.C2H6.CH3NO/c1-6-28-10-7-11-31(25-14-26-24(12-18(25)2)20(4)29-33-26)15-19(3)30(5)32-16-21-8-9-23(27)13-22(21)17-32;1-2;2-1-3/h8-9,12-14,28H,3,6-7,10-11,15-17H2,1-2,4-5H3;1-2H3;1H,(H2,2,3). The zero-order chi connectivity index (χ0) is 28.2. The summed E-state index contributed by atoms with van der Waals surface area (Å²) in [5.74, 6) is -0.183. The van der Waals surface area contributed by atoms with Crippen LogP contribution in [0.15, 0.2) is 47.1 Å². The van der Waals surface area contributed by atoms with Gasteiger partial charge in [-0.15, -0.1) is 0 Å². The summed E-state index contributed by atoms with van der Waals surface area (Å²) in [6.07, 6.45) is 1.27. The molecule has 3 N–H and O–H groups in total. The number of aryl methyl sites for hydroxylation is 2. The van der Waals surface area contributed by atoms with Gasteiger partial charge in [0.25, 0.3) is 0 Å². The lowest BCUT2D eigenvalue weighted by atomic mass is 10.1. The minimum absolute atomic E-state index is 0.183. The third kappa shape index (κ3) is 7.79. The number of fused-ring (bicyclic) bond motifs is 2. The van der Waals surface area contributed by atoms with E-state index in [1.807, 2.05) is 33.9 Å². The molecule has 2 heterocycles. The summed E-state index contributed by atoms with van der Waals surface area (Å²) in [5.41, 5.74) is 11.4. The largest absolute Gasteiger partial charge is 0.372 e. The fourth-order valence-corrected chi connectivity index (χ4v) is 4.48. The Morgan fingerprint density at radius 1 is 1.24 bits per heavy atom. The van der Waals surface area contributed by atoms with Crippen molar-refractivity contribution in [1.82, 2.24) is 20.5 Å². The summed E-state index contributed by atoms with van der Waals surface area (Å²) >= 11 is 0. The highest BCUT2D eigenvalue weighted by atomic mass is 19.1. The van der Waals surface area contributed by atoms with Crippen molar-refractivity contribution in [2.45, 2.75) is 54.1 Å². The van der Waals surface area contributed by atoms with Gasteiger partial charge in [-0.2, -0.15) is 0 Å². The number of carbonyl (C=O) groups excluding carboxylic acids is 1. The summed E-state index contributed by atoms with van der Waals surface area (Å²) in [6.45, 7) is 19.6. The molecule has 0 aliphatic carbocycles. The molecule has 208 valence electrons. The summed E-state index contributed by atoms with van der Waals surface area (Å²) in [5, 5.41) is 12.9. The van der Waals surface area contributed by atoms with Crippen LogP contribution in [-0.2, 0) is 17.9 Å². The van der Waals surface area contributed by atoms with Gasteiger partial charge >= 0.3 is 0 Å². The first-order valence-electron chi connectivity index (χ1n) is 13.2. The Kier molecular flexibility index (Phi) is 12.2. The average molecular weight is 527 g/mol. The maximum absolute atomic E-state index is 13.7. The molecule has 8 nitrogen and oxygen atoms in total. The Hall–Kier alpha value is -3.43. The summed E-state index contributed by atoms with van der Waals surface area (Å²) in [7, 11) is 2.04. The van der Waals surface area contributed by atoms with Gasteiger partial charge < -0.3 is 25.5 Å². The molecule has 0 radical (unpaired) electrons. The fraction of sp³-hybridized carbons (Fsp3) is 0.448. The number of benzene rings is 2. The number of hydrogen-bond donors (Lipinski definition) is 2. The monoisotopic (exact) mass is 526 g/mol. The number of rotatable bonds is 10. The number of carbonyl (C=O) groups is 1. The first-order chi connectivity index (χ1) is 18.3. The number of hydrazine groups is 1. The molecule has 0 spiro atoms. The molecule has 1 aromatic heterocycles. The second-order valence-electron chi connectivity index (χ2n) is 8.99. The molecule has 1 amide bonds. The normalized spacial score (nSPS) is 12.2. The van der Waals surface area contributed by atoms with Crippen LogP contribution < -0.4 is 16.0 Å². The fourth-order valence-electron chi connectivity index (χ4n) is 4.48. The number of hydrogen-bond acceptors (Lipinski definition) is 7. The van der Waals surface area contributed by atoms with E-state index in [1.165, 1.54) is 17.2 Å². The number of likely N-dealkylation sites (N-methyl/N-ethyl adjacent to an activating group) is 1. The van der Waals surface area contributed by atoms with E-state index in [2.05, 4.69) is 63.7 Å². The number of nitrogens with two attached hydrogens (primary N) is 1. The number of nitrogens with one attached hydrogen (secondary N) is 1. The zero-order valence-electron chi connectivity index (χ0n) is 23.7. The van der Waals surface area contributed by atoms with E-state index in [0.29, 0.717) is 13.1 Å². The highest BCUT2D eigenvalue weighted by molar-refractivity contribution is 5.84. The predicted octanol–water partition coefficient (Wildman–Crippen LogP) is 4.89. The van der Waals surface area contributed by atoms with Crippen molar-refractivity contribution in [1.29, 1.82) is 0 Å². The van der Waals surface area contributed by atoms with Crippen LogP contribution in [0.3, 0.4) is 0 Å². The second-order valence-corrected chi connectivity index (χ2v) is 8.99. The molecule has 38 heavy (non-hydrogen) atoms. The van der Waals surface area contributed by atoms with Gasteiger partial charge in [-0.25, -0.2) is 9.40 Å². The van der Waals surface area contributed by atoms with Crippen molar-refractivity contribution in [2.24, 2.45) is 5.73 Å². The SMILES string of the molecule is C=C(CN(CCCNCC)c1cc2onc(C)c2cc1C)N(C)N1Cc2ccc(F)cc2C1.CC.NC=O. The lowest BCUT2D eigenvalue weighted by molar-refractivity contribution is -0.106. The second kappa shape index (κ2) is 15.1. The lowest BCUT2D eigenvalue weighted by Crippen LogP contribution is -2.40. The van der Waals surface area contributed by atoms with E-state index in [-0.39, 0.29) is 12.2 Å². The summed E-state index contributed by atoms with van der Waals surface area (Å²) in [6, 6.07) is 9.31. The maximum Gasteiger partial charge on any atom is 0.204 e. The Labute approximate surface area is 226 Å². The number of nitrogens with zero attached hydrogens (tertiary/aromatic N) is 4. The van der Waals surface area contributed by atoms with Crippen LogP contribution in [0.2, 0.25) is 0 Å². The summed E-state index contributed by atoms with van der Waals surface area (Å²) < 4.78 is 19.2. The molecule has 0 fully saturated rings. The molecular weight excluding hydrogens is 483 g/mol. The van der Waals surface area contributed by atoms with Gasteiger partial charge in [-0.05, 0) is 68.2 Å². The maximum atomic E-state index is 13.7. The molecule has 0 saturated carbocycles. The van der Waals surface area contributed by atoms with Crippen LogP contribution in [-0.4, -0.2) is 54.8 Å². The Morgan fingerprint density at radius 3 is 2.61 bits per heavy atom. The van der Waals surface area contributed by atoms with Gasteiger partial charge in [0.1, 0.15) is 5.82 Å². The highest BCUT2D eigenvalue weighted by Gasteiger charge is 2.24. The van der Waals surface area contributed by atoms with Gasteiger partial charge in [0.15, 0.2) is 5.58 Å². The molecule has 0 unspecified atom stereocenters. The van der Waals surface area contributed by atoms with Gasteiger partial charge in [-0.1, -0.05) is 38.6 Å². The van der Waals surface area contributed by atoms with Crippen LogP contribution in [0.1, 0.15) is 49.6 Å². The van der Waals surface area contributed by atoms with E-state index in [1.54, 1.807) is 6.07 Å². The smallest absolute Gasteiger partial charge is 0.204 e. The minimum atomic E-state index is -0.183. The summed E-state index contributed by atoms with van der Waals surface area (Å²) in [4.78, 5) is 11.0. The first-order valence-corrected chi connectivity index (χ1v) is 13.2. The van der Waals surface area contributed by atoms with Crippen LogP contribution in [0.25, 0.3) is 11.0 Å². The van der Waals surface area contributed by atoms with E-state index in [4.69, 9.17) is 9.32 Å². The number of primary amides is 1.